The van der Waals surface area contributed by atoms with Crippen LogP contribution in [0.5, 0.6) is 0 Å². The zero-order valence-electron chi connectivity index (χ0n) is 12.4. The van der Waals surface area contributed by atoms with Gasteiger partial charge in [-0.2, -0.15) is 5.10 Å². The lowest BCUT2D eigenvalue weighted by Crippen LogP contribution is -2.23. The molecule has 0 saturated carbocycles. The first-order valence-electron chi connectivity index (χ1n) is 6.77. The van der Waals surface area contributed by atoms with Gasteiger partial charge in [0, 0.05) is 24.8 Å². The van der Waals surface area contributed by atoms with Crippen LogP contribution >= 0.6 is 0 Å². The molecule has 1 amide bonds. The number of carbonyl (C=O) groups is 1. The first-order chi connectivity index (χ1) is 9.52. The molecule has 0 aromatic carbocycles. The molecule has 6 nitrogen and oxygen atoms in total. The van der Waals surface area contributed by atoms with E-state index in [2.05, 4.69) is 22.5 Å². The van der Waals surface area contributed by atoms with E-state index in [0.29, 0.717) is 12.1 Å². The Hall–Kier alpha value is -2.11. The maximum atomic E-state index is 12.2. The number of nitrogens with one attached hydrogen (secondary N) is 1. The first kappa shape index (κ1) is 14.3. The zero-order valence-corrected chi connectivity index (χ0v) is 12.4. The van der Waals surface area contributed by atoms with Crippen LogP contribution in [0.25, 0.3) is 0 Å². The van der Waals surface area contributed by atoms with Gasteiger partial charge in [0.2, 0.25) is 0 Å². The summed E-state index contributed by atoms with van der Waals surface area (Å²) in [5.74, 6) is 0.617. The summed E-state index contributed by atoms with van der Waals surface area (Å²) in [5.41, 5.74) is 3.10. The number of aryl methyl sites for hydroxylation is 4. The van der Waals surface area contributed by atoms with Gasteiger partial charge < -0.3 is 9.84 Å². The molecule has 2 heterocycles. The van der Waals surface area contributed by atoms with E-state index in [9.17, 15) is 4.79 Å². The molecule has 0 spiro atoms. The smallest absolute Gasteiger partial charge is 0.255 e. The predicted molar refractivity (Wildman–Crippen MR) is 74.4 cm³/mol. The van der Waals surface area contributed by atoms with Crippen LogP contribution in [0.1, 0.15) is 46.4 Å². The van der Waals surface area contributed by atoms with Crippen molar-refractivity contribution in [3.8, 4) is 0 Å². The fourth-order valence-electron chi connectivity index (χ4n) is 2.10. The molecule has 108 valence electrons. The van der Waals surface area contributed by atoms with Crippen molar-refractivity contribution in [1.82, 2.24) is 20.3 Å². The van der Waals surface area contributed by atoms with Crippen molar-refractivity contribution in [2.45, 2.75) is 47.2 Å². The Morgan fingerprint density at radius 3 is 2.70 bits per heavy atom. The highest BCUT2D eigenvalue weighted by molar-refractivity contribution is 5.94. The SMILES string of the molecule is CCCn1cc(C(=O)NCc2c(C)noc2C)c(C)n1. The largest absolute Gasteiger partial charge is 0.361 e. The molecular formula is C14H20N4O2. The van der Waals surface area contributed by atoms with E-state index >= 15 is 0 Å². The van der Waals surface area contributed by atoms with Crippen LogP contribution in [-0.2, 0) is 13.1 Å². The Labute approximate surface area is 118 Å². The van der Waals surface area contributed by atoms with Crippen LogP contribution in [-0.4, -0.2) is 20.8 Å². The van der Waals surface area contributed by atoms with E-state index in [1.54, 1.807) is 10.9 Å². The number of hydrogen-bond acceptors (Lipinski definition) is 4. The number of carbonyl (C=O) groups excluding carboxylic acids is 1. The Morgan fingerprint density at radius 2 is 2.10 bits per heavy atom. The zero-order chi connectivity index (χ0) is 14.7. The van der Waals surface area contributed by atoms with Crippen molar-refractivity contribution in [1.29, 1.82) is 0 Å². The number of aromatic nitrogens is 3. The lowest BCUT2D eigenvalue weighted by atomic mass is 10.2. The van der Waals surface area contributed by atoms with Crippen LogP contribution in [0.4, 0.5) is 0 Å². The minimum absolute atomic E-state index is 0.121. The molecule has 0 aliphatic carbocycles. The topological polar surface area (TPSA) is 73.0 Å². The van der Waals surface area contributed by atoms with Gasteiger partial charge in [0.1, 0.15) is 5.76 Å². The molecule has 0 unspecified atom stereocenters. The van der Waals surface area contributed by atoms with Crippen molar-refractivity contribution in [3.05, 3.63) is 34.5 Å². The molecule has 0 fully saturated rings. The Balaban J connectivity index is 2.05. The Morgan fingerprint density at radius 1 is 1.35 bits per heavy atom. The van der Waals surface area contributed by atoms with Gasteiger partial charge in [-0.15, -0.1) is 0 Å². The second-order valence-corrected chi connectivity index (χ2v) is 4.88. The third-order valence-corrected chi connectivity index (χ3v) is 3.25. The molecule has 1 N–H and O–H groups in total. The standard InChI is InChI=1S/C14H20N4O2/c1-5-6-18-8-13(9(2)16-18)14(19)15-7-12-10(3)17-20-11(12)4/h8H,5-7H2,1-4H3,(H,15,19). The summed E-state index contributed by atoms with van der Waals surface area (Å²) in [6, 6.07) is 0. The number of rotatable bonds is 5. The van der Waals surface area contributed by atoms with Crippen LogP contribution in [0.2, 0.25) is 0 Å². The van der Waals surface area contributed by atoms with Crippen molar-refractivity contribution in [3.63, 3.8) is 0 Å². The first-order valence-corrected chi connectivity index (χ1v) is 6.77. The summed E-state index contributed by atoms with van der Waals surface area (Å²) in [6.07, 6.45) is 2.78. The number of amides is 1. The summed E-state index contributed by atoms with van der Waals surface area (Å²) in [5, 5.41) is 11.1. The highest BCUT2D eigenvalue weighted by Gasteiger charge is 2.15. The number of hydrogen-bond donors (Lipinski definition) is 1. The van der Waals surface area contributed by atoms with Crippen molar-refractivity contribution in [2.24, 2.45) is 0 Å². The molecule has 2 aromatic heterocycles. The molecule has 0 aliphatic rings. The fraction of sp³-hybridized carbons (Fsp3) is 0.500. The van der Waals surface area contributed by atoms with Crippen LogP contribution < -0.4 is 5.32 Å². The average Bonchev–Trinajstić information content (AvgIpc) is 2.92. The molecule has 0 saturated heterocycles. The minimum Gasteiger partial charge on any atom is -0.361 e. The van der Waals surface area contributed by atoms with Gasteiger partial charge in [-0.05, 0) is 27.2 Å². The second kappa shape index (κ2) is 5.90. The average molecular weight is 276 g/mol. The molecule has 20 heavy (non-hydrogen) atoms. The van der Waals surface area contributed by atoms with Crippen molar-refractivity contribution in [2.75, 3.05) is 0 Å². The van der Waals surface area contributed by atoms with Crippen molar-refractivity contribution < 1.29 is 9.32 Å². The van der Waals surface area contributed by atoms with Gasteiger partial charge >= 0.3 is 0 Å². The van der Waals surface area contributed by atoms with E-state index in [-0.39, 0.29) is 5.91 Å². The molecule has 0 radical (unpaired) electrons. The number of nitrogens with zero attached hydrogens (tertiary/aromatic N) is 3. The van der Waals surface area contributed by atoms with Gasteiger partial charge in [-0.1, -0.05) is 12.1 Å². The monoisotopic (exact) mass is 276 g/mol. The summed E-state index contributed by atoms with van der Waals surface area (Å²) in [7, 11) is 0. The quantitative estimate of drug-likeness (QED) is 0.908. The van der Waals surface area contributed by atoms with Gasteiger partial charge in [0.25, 0.3) is 5.91 Å². The summed E-state index contributed by atoms with van der Waals surface area (Å²) < 4.78 is 6.88. The Bertz CT molecular complexity index is 593. The van der Waals surface area contributed by atoms with Gasteiger partial charge in [0.15, 0.2) is 0 Å². The van der Waals surface area contributed by atoms with E-state index in [0.717, 1.165) is 35.7 Å². The van der Waals surface area contributed by atoms with Gasteiger partial charge in [-0.3, -0.25) is 9.48 Å². The van der Waals surface area contributed by atoms with Crippen molar-refractivity contribution >= 4 is 5.91 Å². The molecule has 0 atom stereocenters. The molecular weight excluding hydrogens is 256 g/mol. The summed E-state index contributed by atoms with van der Waals surface area (Å²) in [4.78, 5) is 12.2. The molecule has 0 aliphatic heterocycles. The third-order valence-electron chi connectivity index (χ3n) is 3.25. The molecule has 2 rings (SSSR count). The van der Waals surface area contributed by atoms with E-state index < -0.39 is 0 Å². The highest BCUT2D eigenvalue weighted by atomic mass is 16.5. The lowest BCUT2D eigenvalue weighted by molar-refractivity contribution is 0.0950. The molecule has 0 bridgehead atoms. The fourth-order valence-corrected chi connectivity index (χ4v) is 2.10. The maximum Gasteiger partial charge on any atom is 0.255 e. The Kier molecular flexibility index (Phi) is 4.22. The van der Waals surface area contributed by atoms with Crippen LogP contribution in [0.3, 0.4) is 0 Å². The molecule has 6 heteroatoms. The summed E-state index contributed by atoms with van der Waals surface area (Å²) in [6.45, 7) is 8.86. The maximum absolute atomic E-state index is 12.2. The highest BCUT2D eigenvalue weighted by Crippen LogP contribution is 2.12. The lowest BCUT2D eigenvalue weighted by Gasteiger charge is -2.03. The molecule has 2 aromatic rings. The predicted octanol–water partition coefficient (Wildman–Crippen LogP) is 2.14. The van der Waals surface area contributed by atoms with Gasteiger partial charge in [0.05, 0.1) is 17.0 Å². The van der Waals surface area contributed by atoms with E-state index in [1.807, 2.05) is 20.8 Å². The van der Waals surface area contributed by atoms with E-state index in [1.165, 1.54) is 0 Å². The van der Waals surface area contributed by atoms with Gasteiger partial charge in [-0.25, -0.2) is 0 Å². The second-order valence-electron chi connectivity index (χ2n) is 4.88. The van der Waals surface area contributed by atoms with Crippen LogP contribution in [0.15, 0.2) is 10.7 Å². The van der Waals surface area contributed by atoms with Crippen LogP contribution in [0, 0.1) is 20.8 Å². The third kappa shape index (κ3) is 2.89. The minimum atomic E-state index is -0.121. The normalized spacial score (nSPS) is 10.8. The van der Waals surface area contributed by atoms with E-state index in [4.69, 9.17) is 4.52 Å². The summed E-state index contributed by atoms with van der Waals surface area (Å²) >= 11 is 0.